The number of nitrogens with one attached hydrogen (secondary N) is 1. The maximum atomic E-state index is 12.8. The molecular weight excluding hydrogens is 250 g/mol. The Balaban J connectivity index is 2.21. The van der Waals surface area contributed by atoms with Crippen LogP contribution in [0.1, 0.15) is 47.9 Å². The number of hydrogen-bond donors (Lipinski definition) is 1. The highest BCUT2D eigenvalue weighted by molar-refractivity contribution is 5.95. The molecule has 4 nitrogen and oxygen atoms in total. The summed E-state index contributed by atoms with van der Waals surface area (Å²) < 4.78 is 0. The van der Waals surface area contributed by atoms with Gasteiger partial charge in [-0.05, 0) is 58.3 Å². The molecule has 0 unspecified atom stereocenters. The summed E-state index contributed by atoms with van der Waals surface area (Å²) in [5, 5.41) is 3.36. The Bertz CT molecular complexity index is 467. The fourth-order valence-corrected chi connectivity index (χ4v) is 2.88. The van der Waals surface area contributed by atoms with Crippen molar-refractivity contribution in [1.29, 1.82) is 0 Å². The van der Waals surface area contributed by atoms with Gasteiger partial charge in [0.2, 0.25) is 0 Å². The van der Waals surface area contributed by atoms with E-state index in [0.717, 1.165) is 55.8 Å². The first-order valence-electron chi connectivity index (χ1n) is 7.59. The summed E-state index contributed by atoms with van der Waals surface area (Å²) in [4.78, 5) is 19.3. The van der Waals surface area contributed by atoms with Gasteiger partial charge in [0.15, 0.2) is 0 Å². The van der Waals surface area contributed by atoms with E-state index in [1.54, 1.807) is 0 Å². The average molecular weight is 275 g/mol. The predicted molar refractivity (Wildman–Crippen MR) is 80.9 cm³/mol. The molecule has 1 aliphatic rings. The van der Waals surface area contributed by atoms with Crippen LogP contribution in [0.15, 0.2) is 12.1 Å². The van der Waals surface area contributed by atoms with Gasteiger partial charge in [0, 0.05) is 18.3 Å². The van der Waals surface area contributed by atoms with Gasteiger partial charge in [-0.15, -0.1) is 0 Å². The van der Waals surface area contributed by atoms with Crippen LogP contribution < -0.4 is 5.32 Å². The topological polar surface area (TPSA) is 45.2 Å². The molecule has 0 aromatic carbocycles. The molecule has 1 N–H and O–H groups in total. The second-order valence-corrected chi connectivity index (χ2v) is 5.57. The summed E-state index contributed by atoms with van der Waals surface area (Å²) in [7, 11) is 0. The van der Waals surface area contributed by atoms with Crippen LogP contribution in [0.4, 0.5) is 0 Å². The van der Waals surface area contributed by atoms with Crippen molar-refractivity contribution in [2.45, 2.75) is 46.1 Å². The van der Waals surface area contributed by atoms with Crippen LogP contribution in [0.25, 0.3) is 0 Å². The van der Waals surface area contributed by atoms with E-state index in [9.17, 15) is 4.79 Å². The highest BCUT2D eigenvalue weighted by atomic mass is 16.2. The highest BCUT2D eigenvalue weighted by Crippen LogP contribution is 2.18. The van der Waals surface area contributed by atoms with Gasteiger partial charge in [-0.1, -0.05) is 6.92 Å². The van der Waals surface area contributed by atoms with Crippen molar-refractivity contribution in [3.8, 4) is 0 Å². The average Bonchev–Trinajstić information content (AvgIpc) is 2.45. The lowest BCUT2D eigenvalue weighted by molar-refractivity contribution is 0.0641. The Morgan fingerprint density at radius 2 is 2.05 bits per heavy atom. The van der Waals surface area contributed by atoms with Crippen molar-refractivity contribution < 1.29 is 4.79 Å². The Kier molecular flexibility index (Phi) is 5.12. The summed E-state index contributed by atoms with van der Waals surface area (Å²) in [6.07, 6.45) is 3.09. The molecule has 110 valence electrons. The predicted octanol–water partition coefficient (Wildman–Crippen LogP) is 2.30. The Morgan fingerprint density at radius 3 is 2.65 bits per heavy atom. The van der Waals surface area contributed by atoms with Crippen molar-refractivity contribution >= 4 is 5.91 Å². The number of amides is 1. The summed E-state index contributed by atoms with van der Waals surface area (Å²) in [6.45, 7) is 8.84. The minimum atomic E-state index is 0.142. The van der Waals surface area contributed by atoms with Crippen LogP contribution in [0.2, 0.25) is 0 Å². The number of hydrogen-bond acceptors (Lipinski definition) is 3. The zero-order valence-corrected chi connectivity index (χ0v) is 12.8. The van der Waals surface area contributed by atoms with E-state index in [2.05, 4.69) is 22.1 Å². The van der Waals surface area contributed by atoms with Gasteiger partial charge in [0.05, 0.1) is 11.3 Å². The lowest BCUT2D eigenvalue weighted by Gasteiger charge is -2.35. The first kappa shape index (κ1) is 15.0. The first-order valence-corrected chi connectivity index (χ1v) is 7.59. The third-order valence-corrected chi connectivity index (χ3v) is 3.93. The lowest BCUT2D eigenvalue weighted by atomic mass is 10.0. The van der Waals surface area contributed by atoms with Crippen molar-refractivity contribution in [2.24, 2.45) is 0 Å². The van der Waals surface area contributed by atoms with Crippen molar-refractivity contribution in [3.63, 3.8) is 0 Å². The molecule has 1 saturated heterocycles. The molecule has 1 aromatic heterocycles. The standard InChI is InChI=1S/C16H25N3O/c1-4-11-19(14-7-9-17-10-8-14)16(20)15-6-5-12(2)18-13(15)3/h5-6,14,17H,4,7-11H2,1-3H3. The third kappa shape index (κ3) is 3.37. The Morgan fingerprint density at radius 1 is 1.35 bits per heavy atom. The van der Waals surface area contributed by atoms with Crippen molar-refractivity contribution in [3.05, 3.63) is 29.1 Å². The fraction of sp³-hybridized carbons (Fsp3) is 0.625. The third-order valence-electron chi connectivity index (χ3n) is 3.93. The molecule has 0 radical (unpaired) electrons. The number of aromatic nitrogens is 1. The largest absolute Gasteiger partial charge is 0.336 e. The van der Waals surface area contributed by atoms with Crippen molar-refractivity contribution in [2.75, 3.05) is 19.6 Å². The van der Waals surface area contributed by atoms with Crippen LogP contribution in [0.3, 0.4) is 0 Å². The minimum Gasteiger partial charge on any atom is -0.336 e. The van der Waals surface area contributed by atoms with E-state index in [0.29, 0.717) is 6.04 Å². The van der Waals surface area contributed by atoms with Gasteiger partial charge in [-0.2, -0.15) is 0 Å². The van der Waals surface area contributed by atoms with Gasteiger partial charge < -0.3 is 10.2 Å². The highest BCUT2D eigenvalue weighted by Gasteiger charge is 2.26. The molecule has 0 bridgehead atoms. The Labute approximate surface area is 121 Å². The molecule has 0 spiro atoms. The zero-order chi connectivity index (χ0) is 14.5. The smallest absolute Gasteiger partial charge is 0.255 e. The van der Waals surface area contributed by atoms with Gasteiger partial charge in [0.25, 0.3) is 5.91 Å². The number of pyridine rings is 1. The molecular formula is C16H25N3O. The number of carbonyl (C=O) groups is 1. The second kappa shape index (κ2) is 6.84. The molecule has 2 heterocycles. The maximum Gasteiger partial charge on any atom is 0.255 e. The summed E-state index contributed by atoms with van der Waals surface area (Å²) in [5.41, 5.74) is 2.55. The molecule has 1 aromatic rings. The van der Waals surface area contributed by atoms with Gasteiger partial charge in [0.1, 0.15) is 0 Å². The van der Waals surface area contributed by atoms with E-state index in [1.807, 2.05) is 26.0 Å². The molecule has 0 aliphatic carbocycles. The van der Waals surface area contributed by atoms with Gasteiger partial charge in [-0.3, -0.25) is 9.78 Å². The first-order chi connectivity index (χ1) is 9.63. The van der Waals surface area contributed by atoms with Crippen LogP contribution in [0.5, 0.6) is 0 Å². The molecule has 1 fully saturated rings. The number of carbonyl (C=O) groups excluding carboxylic acids is 1. The van der Waals surface area contributed by atoms with E-state index < -0.39 is 0 Å². The van der Waals surface area contributed by atoms with Crippen LogP contribution in [0, 0.1) is 13.8 Å². The minimum absolute atomic E-state index is 0.142. The molecule has 1 amide bonds. The second-order valence-electron chi connectivity index (χ2n) is 5.57. The van der Waals surface area contributed by atoms with E-state index in [-0.39, 0.29) is 5.91 Å². The zero-order valence-electron chi connectivity index (χ0n) is 12.8. The number of nitrogens with zero attached hydrogens (tertiary/aromatic N) is 2. The number of rotatable bonds is 4. The molecule has 4 heteroatoms. The van der Waals surface area contributed by atoms with Crippen LogP contribution in [-0.2, 0) is 0 Å². The monoisotopic (exact) mass is 275 g/mol. The quantitative estimate of drug-likeness (QED) is 0.917. The summed E-state index contributed by atoms with van der Waals surface area (Å²) >= 11 is 0. The van der Waals surface area contributed by atoms with Crippen LogP contribution in [-0.4, -0.2) is 41.5 Å². The van der Waals surface area contributed by atoms with E-state index in [4.69, 9.17) is 0 Å². The Hall–Kier alpha value is -1.42. The van der Waals surface area contributed by atoms with Gasteiger partial charge in [-0.25, -0.2) is 0 Å². The fourth-order valence-electron chi connectivity index (χ4n) is 2.88. The maximum absolute atomic E-state index is 12.8. The number of piperidine rings is 1. The normalized spacial score (nSPS) is 16.1. The van der Waals surface area contributed by atoms with Gasteiger partial charge >= 0.3 is 0 Å². The number of aryl methyl sites for hydroxylation is 2. The van der Waals surface area contributed by atoms with Crippen molar-refractivity contribution in [1.82, 2.24) is 15.2 Å². The molecule has 20 heavy (non-hydrogen) atoms. The molecule has 2 rings (SSSR count). The van der Waals surface area contributed by atoms with E-state index >= 15 is 0 Å². The molecule has 0 atom stereocenters. The SMILES string of the molecule is CCCN(C(=O)c1ccc(C)nc1C)C1CCNCC1. The lowest BCUT2D eigenvalue weighted by Crippen LogP contribution is -2.46. The van der Waals surface area contributed by atoms with Crippen LogP contribution >= 0.6 is 0 Å². The molecule has 0 saturated carbocycles. The molecule has 1 aliphatic heterocycles. The summed E-state index contributed by atoms with van der Waals surface area (Å²) in [5.74, 6) is 0.142. The van der Waals surface area contributed by atoms with E-state index in [1.165, 1.54) is 0 Å². The summed E-state index contributed by atoms with van der Waals surface area (Å²) in [6, 6.07) is 4.21.